The van der Waals surface area contributed by atoms with Crippen molar-refractivity contribution in [2.45, 2.75) is 62.7 Å². The summed E-state index contributed by atoms with van der Waals surface area (Å²) in [5.74, 6) is 1.41. The Labute approximate surface area is 279 Å². The van der Waals surface area contributed by atoms with Gasteiger partial charge >= 0.3 is 6.01 Å². The quantitative estimate of drug-likeness (QED) is 0.262. The number of hydrogen-bond acceptors (Lipinski definition) is 8. The molecule has 4 aromatic rings. The van der Waals surface area contributed by atoms with E-state index in [4.69, 9.17) is 16.1 Å². The highest BCUT2D eigenvalue weighted by Gasteiger charge is 2.48. The van der Waals surface area contributed by atoms with E-state index < -0.39 is 11.6 Å². The number of aromatic nitrogens is 2. The summed E-state index contributed by atoms with van der Waals surface area (Å²) in [7, 11) is 2.25. The first kappa shape index (κ1) is 30.1. The number of nitrogens with one attached hydrogen (secondary N) is 1. The number of phenolic OH excluding ortho intramolecular Hbond substituents is 1. The summed E-state index contributed by atoms with van der Waals surface area (Å²) in [5.41, 5.74) is 0.392. The maximum atomic E-state index is 16.9. The van der Waals surface area contributed by atoms with Crippen LogP contribution in [0.4, 0.5) is 14.6 Å². The Hall–Kier alpha value is -4.04. The normalized spacial score (nSPS) is 26.3. The third-order valence-electron chi connectivity index (χ3n) is 11.7. The summed E-state index contributed by atoms with van der Waals surface area (Å²) in [6, 6.07) is 11.4. The maximum absolute atomic E-state index is 16.9. The summed E-state index contributed by atoms with van der Waals surface area (Å²) in [4.78, 5) is 16.8. The zero-order valence-corrected chi connectivity index (χ0v) is 27.2. The van der Waals surface area contributed by atoms with Crippen molar-refractivity contribution < 1.29 is 18.6 Å². The van der Waals surface area contributed by atoms with E-state index >= 15 is 8.78 Å². The van der Waals surface area contributed by atoms with Crippen molar-refractivity contribution in [3.05, 3.63) is 53.6 Å². The number of aromatic hydroxyl groups is 1. The van der Waals surface area contributed by atoms with E-state index in [0.717, 1.165) is 45.3 Å². The van der Waals surface area contributed by atoms with Crippen molar-refractivity contribution in [3.63, 3.8) is 0 Å². The summed E-state index contributed by atoms with van der Waals surface area (Å²) in [6.45, 7) is 4.96. The van der Waals surface area contributed by atoms with Crippen molar-refractivity contribution >= 4 is 27.5 Å². The molecule has 3 aromatic carbocycles. The van der Waals surface area contributed by atoms with E-state index in [2.05, 4.69) is 38.0 Å². The van der Waals surface area contributed by atoms with Crippen LogP contribution in [-0.2, 0) is 0 Å². The van der Waals surface area contributed by atoms with Crippen LogP contribution < -0.4 is 15.0 Å². The zero-order valence-electron chi connectivity index (χ0n) is 27.2. The van der Waals surface area contributed by atoms with Crippen molar-refractivity contribution in [3.8, 4) is 35.2 Å². The number of nitrogens with zero attached hydrogens (tertiary/aromatic N) is 5. The van der Waals surface area contributed by atoms with Crippen LogP contribution in [0.1, 0.15) is 44.1 Å². The van der Waals surface area contributed by atoms with Gasteiger partial charge in [0.05, 0.1) is 12.2 Å². The number of phenols is 1. The lowest BCUT2D eigenvalue weighted by Gasteiger charge is -2.40. The van der Waals surface area contributed by atoms with Gasteiger partial charge in [0, 0.05) is 84.2 Å². The van der Waals surface area contributed by atoms with E-state index in [1.807, 2.05) is 0 Å². The molecular formula is C38H40F2N6O2. The molecular weight excluding hydrogens is 610 g/mol. The number of benzene rings is 3. The Kier molecular flexibility index (Phi) is 7.05. The van der Waals surface area contributed by atoms with E-state index in [1.54, 1.807) is 24.3 Å². The minimum absolute atomic E-state index is 0.00699. The number of halogens is 2. The number of terminal acetylenes is 1. The SMILES string of the molecule is C#Cc1cccc2cc(O)cc(-c3c(F)cc4c(N5CC6CCC(C5)N6)nc(OCC5(CN6CC7CCC(C6)N7C)CC5)nc4c3F)c12. The second kappa shape index (κ2) is 11.3. The van der Waals surface area contributed by atoms with Crippen LogP contribution in [0.25, 0.3) is 32.8 Å². The Bertz CT molecular complexity index is 1970. The Balaban J connectivity index is 1.11. The number of ether oxygens (including phenoxy) is 1. The van der Waals surface area contributed by atoms with E-state index in [0.29, 0.717) is 71.4 Å². The van der Waals surface area contributed by atoms with Crippen molar-refractivity contribution in [2.24, 2.45) is 5.41 Å². The standard InChI is InChI=1S/C38H40F2N6O2/c1-3-22-5-4-6-23-13-28(47)14-29(32(22)23)33-31(39)15-30-35(34(33)40)42-37(43-36(30)46-16-24-7-8-25(17-46)41-24)48-21-38(11-12-38)20-45-18-26-9-10-27(19-45)44(26)2/h1,4-6,13-15,24-27,41,47H,7-12,16-21H2,2H3. The van der Waals surface area contributed by atoms with Crippen LogP contribution in [0.5, 0.6) is 11.8 Å². The minimum atomic E-state index is -0.829. The number of piperazine rings is 2. The van der Waals surface area contributed by atoms with Crippen molar-refractivity contribution in [2.75, 3.05) is 51.3 Å². The molecule has 48 heavy (non-hydrogen) atoms. The number of rotatable bonds is 7. The predicted octanol–water partition coefficient (Wildman–Crippen LogP) is 5.29. The van der Waals surface area contributed by atoms with Gasteiger partial charge in [0.1, 0.15) is 22.9 Å². The number of likely N-dealkylation sites (tertiary alicyclic amines) is 1. The lowest BCUT2D eigenvalue weighted by molar-refractivity contribution is 0.0628. The molecule has 0 radical (unpaired) electrons. The molecule has 10 heteroatoms. The number of likely N-dealkylation sites (N-methyl/N-ethyl adjacent to an activating group) is 1. The predicted molar refractivity (Wildman–Crippen MR) is 182 cm³/mol. The van der Waals surface area contributed by atoms with Crippen LogP contribution in [0.15, 0.2) is 36.4 Å². The summed E-state index contributed by atoms with van der Waals surface area (Å²) < 4.78 is 39.6. The molecule has 248 valence electrons. The van der Waals surface area contributed by atoms with Gasteiger partial charge in [0.2, 0.25) is 0 Å². The lowest BCUT2D eigenvalue weighted by atomic mass is 9.93. The van der Waals surface area contributed by atoms with Crippen LogP contribution in [0, 0.1) is 29.4 Å². The first-order valence-corrected chi connectivity index (χ1v) is 17.3. The second-order valence-electron chi connectivity index (χ2n) is 14.9. The molecule has 1 saturated carbocycles. The lowest BCUT2D eigenvalue weighted by Crippen LogP contribution is -2.53. The molecule has 1 aromatic heterocycles. The molecule has 5 fully saturated rings. The van der Waals surface area contributed by atoms with Crippen LogP contribution in [0.3, 0.4) is 0 Å². The van der Waals surface area contributed by atoms with Gasteiger partial charge < -0.3 is 20.1 Å². The van der Waals surface area contributed by atoms with Crippen LogP contribution in [0.2, 0.25) is 0 Å². The zero-order chi connectivity index (χ0) is 32.7. The molecule has 8 nitrogen and oxygen atoms in total. The molecule has 4 unspecified atom stereocenters. The Morgan fingerprint density at radius 1 is 1.02 bits per heavy atom. The van der Waals surface area contributed by atoms with Crippen LogP contribution >= 0.6 is 0 Å². The third-order valence-corrected chi connectivity index (χ3v) is 11.7. The first-order chi connectivity index (χ1) is 23.3. The molecule has 2 N–H and O–H groups in total. The van der Waals surface area contributed by atoms with Gasteiger partial charge in [-0.2, -0.15) is 9.97 Å². The Morgan fingerprint density at radius 2 is 1.77 bits per heavy atom. The fourth-order valence-electron chi connectivity index (χ4n) is 8.96. The van der Waals surface area contributed by atoms with Gasteiger partial charge in [-0.05, 0) is 75.2 Å². The molecule has 4 bridgehead atoms. The molecule has 5 heterocycles. The van der Waals surface area contributed by atoms with E-state index in [9.17, 15) is 5.11 Å². The largest absolute Gasteiger partial charge is 0.508 e. The average Bonchev–Trinajstić information content (AvgIpc) is 3.72. The number of hydrogen-bond donors (Lipinski definition) is 2. The van der Waals surface area contributed by atoms with Gasteiger partial charge in [0.15, 0.2) is 5.82 Å². The van der Waals surface area contributed by atoms with Crippen molar-refractivity contribution in [1.82, 2.24) is 25.1 Å². The maximum Gasteiger partial charge on any atom is 0.319 e. The van der Waals surface area contributed by atoms with E-state index in [1.165, 1.54) is 25.0 Å². The number of fused-ring (bicyclic) bond motifs is 6. The highest BCUT2D eigenvalue weighted by molar-refractivity contribution is 6.04. The molecule has 4 saturated heterocycles. The molecule has 4 aliphatic heterocycles. The van der Waals surface area contributed by atoms with Gasteiger partial charge in [-0.1, -0.05) is 18.1 Å². The highest BCUT2D eigenvalue weighted by atomic mass is 19.1. The monoisotopic (exact) mass is 650 g/mol. The molecule has 4 atom stereocenters. The van der Waals surface area contributed by atoms with E-state index in [-0.39, 0.29) is 33.8 Å². The van der Waals surface area contributed by atoms with Crippen LogP contribution in [-0.4, -0.2) is 95.4 Å². The smallest absolute Gasteiger partial charge is 0.319 e. The summed E-state index contributed by atoms with van der Waals surface area (Å²) in [6.07, 6.45) is 12.6. The highest BCUT2D eigenvalue weighted by Crippen LogP contribution is 2.48. The average molecular weight is 651 g/mol. The molecule has 1 aliphatic carbocycles. The topological polar surface area (TPSA) is 77.0 Å². The van der Waals surface area contributed by atoms with Gasteiger partial charge in [-0.3, -0.25) is 9.80 Å². The van der Waals surface area contributed by atoms with Gasteiger partial charge in [0.25, 0.3) is 0 Å². The van der Waals surface area contributed by atoms with Crippen molar-refractivity contribution in [1.29, 1.82) is 0 Å². The third kappa shape index (κ3) is 5.06. The molecule has 0 spiro atoms. The van der Waals surface area contributed by atoms with Gasteiger partial charge in [-0.15, -0.1) is 6.42 Å². The first-order valence-electron chi connectivity index (χ1n) is 17.3. The fourth-order valence-corrected chi connectivity index (χ4v) is 8.96. The summed E-state index contributed by atoms with van der Waals surface area (Å²) in [5, 5.41) is 15.6. The number of anilines is 1. The second-order valence-corrected chi connectivity index (χ2v) is 14.9. The van der Waals surface area contributed by atoms with Gasteiger partial charge in [-0.25, -0.2) is 8.78 Å². The Morgan fingerprint density at radius 3 is 2.48 bits per heavy atom. The minimum Gasteiger partial charge on any atom is -0.508 e. The fraction of sp³-hybridized carbons (Fsp3) is 0.474. The summed E-state index contributed by atoms with van der Waals surface area (Å²) >= 11 is 0. The molecule has 9 rings (SSSR count). The molecule has 0 amide bonds. The molecule has 5 aliphatic rings.